The van der Waals surface area contributed by atoms with Crippen LogP contribution in [0.5, 0.6) is 0 Å². The van der Waals surface area contributed by atoms with Crippen molar-refractivity contribution in [1.29, 1.82) is 0 Å². The lowest BCUT2D eigenvalue weighted by molar-refractivity contribution is -0.161. The number of unbranched alkanes of at least 4 members (excludes halogenated alkanes) is 28. The summed E-state index contributed by atoms with van der Waals surface area (Å²) in [5.74, 6) is -0.882. The van der Waals surface area contributed by atoms with Gasteiger partial charge in [-0.1, -0.05) is 187 Å². The smallest absolute Gasteiger partial charge is 0.462 e. The number of hydrogen-bond donors (Lipinski definition) is 2. The summed E-state index contributed by atoms with van der Waals surface area (Å²) in [6.45, 7) is 3.69. The Bertz CT molecular complexity index is 843. The highest BCUT2D eigenvalue weighted by Gasteiger charge is 2.22. The first-order valence-corrected chi connectivity index (χ1v) is 23.0. The molecule has 0 amide bonds. The van der Waals surface area contributed by atoms with Crippen LogP contribution in [0.15, 0.2) is 12.2 Å². The van der Waals surface area contributed by atoms with E-state index in [1.807, 2.05) is 0 Å². The molecular weight excluding hydrogens is 663 g/mol. The van der Waals surface area contributed by atoms with E-state index in [1.165, 1.54) is 141 Å². The van der Waals surface area contributed by atoms with Crippen molar-refractivity contribution >= 4 is 19.8 Å². The second-order valence-corrected chi connectivity index (χ2v) is 15.9. The van der Waals surface area contributed by atoms with Gasteiger partial charge in [0.05, 0.1) is 6.61 Å². The molecular formula is C42H81O8P. The van der Waals surface area contributed by atoms with Crippen LogP contribution in [0.25, 0.3) is 0 Å². The average molecular weight is 745 g/mol. The molecule has 0 unspecified atom stereocenters. The van der Waals surface area contributed by atoms with Crippen molar-refractivity contribution in [1.82, 2.24) is 0 Å². The van der Waals surface area contributed by atoms with Crippen LogP contribution in [0.3, 0.4) is 0 Å². The summed E-state index contributed by atoms with van der Waals surface area (Å²) in [4.78, 5) is 42.8. The highest BCUT2D eigenvalue weighted by atomic mass is 31.2. The van der Waals surface area contributed by atoms with Gasteiger partial charge in [-0.25, -0.2) is 4.57 Å². The molecule has 0 fully saturated rings. The maximum Gasteiger partial charge on any atom is 0.469 e. The van der Waals surface area contributed by atoms with Crippen LogP contribution >= 0.6 is 7.82 Å². The molecule has 0 aromatic carbocycles. The molecule has 0 heterocycles. The Kier molecular flexibility index (Phi) is 37.6. The van der Waals surface area contributed by atoms with Crippen molar-refractivity contribution in [3.8, 4) is 0 Å². The van der Waals surface area contributed by atoms with Crippen LogP contribution in [0.1, 0.15) is 226 Å². The van der Waals surface area contributed by atoms with E-state index in [2.05, 4.69) is 30.5 Å². The maximum atomic E-state index is 12.4. The molecule has 9 heteroatoms. The van der Waals surface area contributed by atoms with E-state index in [4.69, 9.17) is 19.3 Å². The van der Waals surface area contributed by atoms with Crippen molar-refractivity contribution in [2.24, 2.45) is 0 Å². The summed E-state index contributed by atoms with van der Waals surface area (Å²) in [5, 5.41) is 0. The Morgan fingerprint density at radius 1 is 0.490 bits per heavy atom. The van der Waals surface area contributed by atoms with Gasteiger partial charge in [0.15, 0.2) is 6.10 Å². The number of ether oxygens (including phenoxy) is 2. The minimum Gasteiger partial charge on any atom is -0.462 e. The molecule has 0 saturated heterocycles. The van der Waals surface area contributed by atoms with Crippen LogP contribution in [0.2, 0.25) is 0 Å². The Balaban J connectivity index is 3.85. The molecule has 2 N–H and O–H groups in total. The predicted molar refractivity (Wildman–Crippen MR) is 212 cm³/mol. The first kappa shape index (κ1) is 49.8. The van der Waals surface area contributed by atoms with E-state index in [1.54, 1.807) is 0 Å². The Hall–Kier alpha value is -1.21. The summed E-state index contributed by atoms with van der Waals surface area (Å²) >= 11 is 0. The lowest BCUT2D eigenvalue weighted by Crippen LogP contribution is -2.29. The fourth-order valence-corrected chi connectivity index (χ4v) is 6.67. The van der Waals surface area contributed by atoms with Crippen LogP contribution in [0, 0.1) is 0 Å². The molecule has 0 rings (SSSR count). The third-order valence-corrected chi connectivity index (χ3v) is 10.0. The van der Waals surface area contributed by atoms with E-state index < -0.39 is 32.5 Å². The van der Waals surface area contributed by atoms with Gasteiger partial charge in [0, 0.05) is 12.8 Å². The van der Waals surface area contributed by atoms with Gasteiger partial charge in [0.1, 0.15) is 6.61 Å². The zero-order chi connectivity index (χ0) is 37.5. The maximum absolute atomic E-state index is 12.4. The average Bonchev–Trinajstić information content (AvgIpc) is 3.10. The van der Waals surface area contributed by atoms with Crippen molar-refractivity contribution in [2.45, 2.75) is 232 Å². The van der Waals surface area contributed by atoms with E-state index in [9.17, 15) is 14.2 Å². The number of rotatable bonds is 40. The van der Waals surface area contributed by atoms with Gasteiger partial charge in [0.25, 0.3) is 0 Å². The molecule has 0 aliphatic heterocycles. The quantitative estimate of drug-likeness (QED) is 0.0275. The number of hydrogen-bond acceptors (Lipinski definition) is 6. The van der Waals surface area contributed by atoms with Gasteiger partial charge in [-0.2, -0.15) is 0 Å². The number of carbonyl (C=O) groups is 2. The van der Waals surface area contributed by atoms with Gasteiger partial charge in [-0.05, 0) is 38.5 Å². The summed E-state index contributed by atoms with van der Waals surface area (Å²) in [6, 6.07) is 0. The van der Waals surface area contributed by atoms with E-state index in [-0.39, 0.29) is 19.4 Å². The molecule has 0 aromatic rings. The molecule has 0 radical (unpaired) electrons. The second-order valence-electron chi connectivity index (χ2n) is 14.7. The molecule has 8 nitrogen and oxygen atoms in total. The summed E-state index contributed by atoms with van der Waals surface area (Å²) in [5.41, 5.74) is 0. The van der Waals surface area contributed by atoms with E-state index in [0.29, 0.717) is 6.42 Å². The van der Waals surface area contributed by atoms with E-state index in [0.717, 1.165) is 51.4 Å². The fourth-order valence-electron chi connectivity index (χ4n) is 6.31. The molecule has 1 atom stereocenters. The molecule has 0 aromatic heterocycles. The third kappa shape index (κ3) is 41.4. The Morgan fingerprint density at radius 2 is 0.824 bits per heavy atom. The van der Waals surface area contributed by atoms with Crippen LogP contribution in [-0.4, -0.2) is 41.0 Å². The number of esters is 2. The highest BCUT2D eigenvalue weighted by Crippen LogP contribution is 2.36. The van der Waals surface area contributed by atoms with Gasteiger partial charge >= 0.3 is 19.8 Å². The summed E-state index contributed by atoms with van der Waals surface area (Å²) in [6.07, 6.45) is 42.2. The number of phosphoric acid groups is 1. The third-order valence-electron chi connectivity index (χ3n) is 9.53. The van der Waals surface area contributed by atoms with Crippen molar-refractivity contribution < 1.29 is 37.9 Å². The lowest BCUT2D eigenvalue weighted by atomic mass is 10.0. The first-order valence-electron chi connectivity index (χ1n) is 21.5. The number of allylic oxidation sites excluding steroid dienone is 2. The largest absolute Gasteiger partial charge is 0.469 e. The van der Waals surface area contributed by atoms with Crippen LogP contribution in [0.4, 0.5) is 0 Å². The van der Waals surface area contributed by atoms with Crippen LogP contribution in [-0.2, 0) is 28.2 Å². The summed E-state index contributed by atoms with van der Waals surface area (Å²) < 4.78 is 26.4. The molecule has 0 saturated carbocycles. The second kappa shape index (κ2) is 38.5. The minimum absolute atomic E-state index is 0.206. The normalized spacial score (nSPS) is 12.5. The van der Waals surface area contributed by atoms with Gasteiger partial charge in [-0.3, -0.25) is 14.1 Å². The van der Waals surface area contributed by atoms with Crippen molar-refractivity contribution in [3.05, 3.63) is 12.2 Å². The molecule has 0 spiro atoms. The topological polar surface area (TPSA) is 119 Å². The number of phosphoric ester groups is 1. The minimum atomic E-state index is -4.75. The SMILES string of the molecule is CCCCCCC/C=C\CCCCCCCC(=O)O[C@H](COC(=O)CCCCCCCCCCCCCCCCCCCCC)COP(=O)(O)O. The molecule has 0 aliphatic rings. The molecule has 51 heavy (non-hydrogen) atoms. The van der Waals surface area contributed by atoms with Gasteiger partial charge in [-0.15, -0.1) is 0 Å². The van der Waals surface area contributed by atoms with Crippen LogP contribution < -0.4 is 0 Å². The highest BCUT2D eigenvalue weighted by molar-refractivity contribution is 7.46. The molecule has 0 aliphatic carbocycles. The first-order chi connectivity index (χ1) is 24.8. The number of carbonyl (C=O) groups excluding carboxylic acids is 2. The monoisotopic (exact) mass is 745 g/mol. The lowest BCUT2D eigenvalue weighted by Gasteiger charge is -2.18. The fraction of sp³-hybridized carbons (Fsp3) is 0.905. The van der Waals surface area contributed by atoms with Gasteiger partial charge < -0.3 is 19.3 Å². The predicted octanol–water partition coefficient (Wildman–Crippen LogP) is 13.0. The van der Waals surface area contributed by atoms with E-state index >= 15 is 0 Å². The summed E-state index contributed by atoms with van der Waals surface area (Å²) in [7, 11) is -4.75. The zero-order valence-corrected chi connectivity index (χ0v) is 34.2. The van der Waals surface area contributed by atoms with Crippen molar-refractivity contribution in [2.75, 3.05) is 13.2 Å². The molecule has 0 bridgehead atoms. The standard InChI is InChI=1S/C42H81O8P/c1-3-5-7-9-11-13-15-17-19-20-21-22-23-25-26-28-30-32-34-36-41(43)48-38-40(39-49-51(45,46)47)50-42(44)37-35-33-31-29-27-24-18-16-14-12-10-8-6-4-2/h16,18,40H,3-15,17,19-39H2,1-2H3,(H2,45,46,47)/b18-16-/t40-/m1/s1. The molecule has 302 valence electrons. The zero-order valence-electron chi connectivity index (χ0n) is 33.3. The van der Waals surface area contributed by atoms with Crippen molar-refractivity contribution in [3.63, 3.8) is 0 Å². The Labute approximate surface area is 314 Å². The Morgan fingerprint density at radius 3 is 1.20 bits per heavy atom. The van der Waals surface area contributed by atoms with Gasteiger partial charge in [0.2, 0.25) is 0 Å².